The standard InChI is InChI=1S/C14H20BrClN2/c1-18(10-13-4-2-3-7-17-13)9-11-8-12(16)5-6-14(11)15/h5-6,8,13,17H,2-4,7,9-10H2,1H3. The molecule has 0 aromatic heterocycles. The van der Waals surface area contributed by atoms with E-state index in [0.29, 0.717) is 6.04 Å². The minimum Gasteiger partial charge on any atom is -0.313 e. The van der Waals surface area contributed by atoms with E-state index in [1.165, 1.54) is 31.4 Å². The average Bonchev–Trinajstić information content (AvgIpc) is 2.35. The van der Waals surface area contributed by atoms with E-state index in [-0.39, 0.29) is 0 Å². The Bertz CT molecular complexity index is 391. The van der Waals surface area contributed by atoms with Gasteiger partial charge in [0.2, 0.25) is 0 Å². The van der Waals surface area contributed by atoms with Crippen LogP contribution in [-0.4, -0.2) is 31.1 Å². The average molecular weight is 332 g/mol. The maximum atomic E-state index is 6.04. The van der Waals surface area contributed by atoms with Crippen molar-refractivity contribution in [2.45, 2.75) is 31.8 Å². The molecule has 1 aliphatic heterocycles. The monoisotopic (exact) mass is 330 g/mol. The van der Waals surface area contributed by atoms with Gasteiger partial charge in [-0.05, 0) is 50.2 Å². The summed E-state index contributed by atoms with van der Waals surface area (Å²) in [5, 5.41) is 4.39. The number of piperidine rings is 1. The molecule has 0 bridgehead atoms. The second kappa shape index (κ2) is 6.90. The summed E-state index contributed by atoms with van der Waals surface area (Å²) in [6, 6.07) is 6.61. The first kappa shape index (κ1) is 14.3. The first-order chi connectivity index (χ1) is 8.65. The van der Waals surface area contributed by atoms with E-state index in [4.69, 9.17) is 11.6 Å². The molecule has 2 rings (SSSR count). The van der Waals surface area contributed by atoms with Crippen molar-refractivity contribution < 1.29 is 0 Å². The molecule has 1 fully saturated rings. The lowest BCUT2D eigenvalue weighted by molar-refractivity contribution is 0.256. The summed E-state index contributed by atoms with van der Waals surface area (Å²) in [6.45, 7) is 3.19. The molecular formula is C14H20BrClN2. The molecule has 1 aromatic rings. The second-order valence-corrected chi connectivity index (χ2v) is 6.37. The number of benzene rings is 1. The van der Waals surface area contributed by atoms with Crippen LogP contribution in [0.15, 0.2) is 22.7 Å². The van der Waals surface area contributed by atoms with Gasteiger partial charge in [0.15, 0.2) is 0 Å². The first-order valence-electron chi connectivity index (χ1n) is 6.51. The van der Waals surface area contributed by atoms with Gasteiger partial charge in [-0.3, -0.25) is 0 Å². The molecule has 2 nitrogen and oxygen atoms in total. The van der Waals surface area contributed by atoms with Crippen molar-refractivity contribution in [3.63, 3.8) is 0 Å². The van der Waals surface area contributed by atoms with Crippen LogP contribution in [0.3, 0.4) is 0 Å². The number of hydrogen-bond donors (Lipinski definition) is 1. The van der Waals surface area contributed by atoms with E-state index in [0.717, 1.165) is 22.6 Å². The van der Waals surface area contributed by atoms with Crippen LogP contribution in [0.25, 0.3) is 0 Å². The van der Waals surface area contributed by atoms with Gasteiger partial charge in [0.25, 0.3) is 0 Å². The topological polar surface area (TPSA) is 15.3 Å². The van der Waals surface area contributed by atoms with Crippen molar-refractivity contribution in [1.29, 1.82) is 0 Å². The van der Waals surface area contributed by atoms with E-state index in [9.17, 15) is 0 Å². The van der Waals surface area contributed by atoms with Crippen LogP contribution in [-0.2, 0) is 6.54 Å². The Morgan fingerprint density at radius 1 is 1.44 bits per heavy atom. The molecule has 100 valence electrons. The number of halogens is 2. The van der Waals surface area contributed by atoms with Gasteiger partial charge >= 0.3 is 0 Å². The molecule has 4 heteroatoms. The summed E-state index contributed by atoms with van der Waals surface area (Å²) in [5.41, 5.74) is 1.25. The summed E-state index contributed by atoms with van der Waals surface area (Å²) < 4.78 is 1.13. The minimum absolute atomic E-state index is 0.640. The van der Waals surface area contributed by atoms with Gasteiger partial charge in [-0.2, -0.15) is 0 Å². The lowest BCUT2D eigenvalue weighted by atomic mass is 10.0. The van der Waals surface area contributed by atoms with Gasteiger partial charge in [-0.1, -0.05) is 34.0 Å². The summed E-state index contributed by atoms with van der Waals surface area (Å²) in [6.07, 6.45) is 3.97. The number of rotatable bonds is 4. The van der Waals surface area contributed by atoms with Gasteiger partial charge in [0.1, 0.15) is 0 Å². The fourth-order valence-electron chi connectivity index (χ4n) is 2.48. The number of hydrogen-bond acceptors (Lipinski definition) is 2. The lowest BCUT2D eigenvalue weighted by Gasteiger charge is -2.28. The number of nitrogens with one attached hydrogen (secondary N) is 1. The molecule has 18 heavy (non-hydrogen) atoms. The largest absolute Gasteiger partial charge is 0.313 e. The third-order valence-corrected chi connectivity index (χ3v) is 4.40. The highest BCUT2D eigenvalue weighted by molar-refractivity contribution is 9.10. The highest BCUT2D eigenvalue weighted by Gasteiger charge is 2.15. The fourth-order valence-corrected chi connectivity index (χ4v) is 3.04. The van der Waals surface area contributed by atoms with Crippen molar-refractivity contribution in [3.8, 4) is 0 Å². The van der Waals surface area contributed by atoms with Crippen LogP contribution in [0.2, 0.25) is 5.02 Å². The van der Waals surface area contributed by atoms with Crippen LogP contribution in [0.4, 0.5) is 0 Å². The van der Waals surface area contributed by atoms with E-state index in [1.807, 2.05) is 18.2 Å². The molecule has 0 amide bonds. The Kier molecular flexibility index (Phi) is 5.49. The Morgan fingerprint density at radius 2 is 2.28 bits per heavy atom. The van der Waals surface area contributed by atoms with Crippen LogP contribution >= 0.6 is 27.5 Å². The van der Waals surface area contributed by atoms with Crippen molar-refractivity contribution >= 4 is 27.5 Å². The maximum absolute atomic E-state index is 6.04. The Morgan fingerprint density at radius 3 is 3.00 bits per heavy atom. The van der Waals surface area contributed by atoms with Gasteiger partial charge in [0.05, 0.1) is 0 Å². The van der Waals surface area contributed by atoms with Crippen LogP contribution in [0.5, 0.6) is 0 Å². The number of nitrogens with zero attached hydrogens (tertiary/aromatic N) is 1. The highest BCUT2D eigenvalue weighted by atomic mass is 79.9. The van der Waals surface area contributed by atoms with Crippen LogP contribution < -0.4 is 5.32 Å². The SMILES string of the molecule is CN(Cc1cc(Cl)ccc1Br)CC1CCCCN1. The van der Waals surface area contributed by atoms with E-state index >= 15 is 0 Å². The number of likely N-dealkylation sites (N-methyl/N-ethyl adjacent to an activating group) is 1. The molecule has 0 saturated carbocycles. The van der Waals surface area contributed by atoms with E-state index < -0.39 is 0 Å². The molecule has 1 aromatic carbocycles. The van der Waals surface area contributed by atoms with Crippen molar-refractivity contribution in [2.75, 3.05) is 20.1 Å². The second-order valence-electron chi connectivity index (χ2n) is 5.08. The van der Waals surface area contributed by atoms with Crippen molar-refractivity contribution in [2.24, 2.45) is 0 Å². The van der Waals surface area contributed by atoms with Gasteiger partial charge in [0, 0.05) is 28.6 Å². The highest BCUT2D eigenvalue weighted by Crippen LogP contribution is 2.22. The van der Waals surface area contributed by atoms with E-state index in [1.54, 1.807) is 0 Å². The molecule has 1 aliphatic rings. The Hall–Kier alpha value is -0.0900. The molecule has 1 heterocycles. The molecule has 1 unspecified atom stereocenters. The van der Waals surface area contributed by atoms with Crippen LogP contribution in [0, 0.1) is 0 Å². The molecular weight excluding hydrogens is 312 g/mol. The van der Waals surface area contributed by atoms with Crippen molar-refractivity contribution in [3.05, 3.63) is 33.3 Å². The molecule has 1 atom stereocenters. The molecule has 0 aliphatic carbocycles. The third-order valence-electron chi connectivity index (χ3n) is 3.39. The van der Waals surface area contributed by atoms with Gasteiger partial charge < -0.3 is 10.2 Å². The summed E-state index contributed by atoms with van der Waals surface area (Å²) in [4.78, 5) is 2.36. The zero-order valence-electron chi connectivity index (χ0n) is 10.8. The Labute approximate surface area is 123 Å². The van der Waals surface area contributed by atoms with Crippen LogP contribution in [0.1, 0.15) is 24.8 Å². The third kappa shape index (κ3) is 4.23. The van der Waals surface area contributed by atoms with E-state index in [2.05, 4.69) is 33.2 Å². The smallest absolute Gasteiger partial charge is 0.0410 e. The fraction of sp³-hybridized carbons (Fsp3) is 0.571. The predicted molar refractivity (Wildman–Crippen MR) is 81.1 cm³/mol. The predicted octanol–water partition coefficient (Wildman–Crippen LogP) is 3.68. The van der Waals surface area contributed by atoms with Crippen molar-refractivity contribution in [1.82, 2.24) is 10.2 Å². The first-order valence-corrected chi connectivity index (χ1v) is 7.68. The Balaban J connectivity index is 1.89. The summed E-state index contributed by atoms with van der Waals surface area (Å²) in [7, 11) is 2.17. The molecule has 0 radical (unpaired) electrons. The zero-order chi connectivity index (χ0) is 13.0. The maximum Gasteiger partial charge on any atom is 0.0410 e. The lowest BCUT2D eigenvalue weighted by Crippen LogP contribution is -2.42. The molecule has 1 N–H and O–H groups in total. The summed E-state index contributed by atoms with van der Waals surface area (Å²) in [5.74, 6) is 0. The summed E-state index contributed by atoms with van der Waals surface area (Å²) >= 11 is 9.62. The van der Waals surface area contributed by atoms with Gasteiger partial charge in [-0.25, -0.2) is 0 Å². The van der Waals surface area contributed by atoms with Gasteiger partial charge in [-0.15, -0.1) is 0 Å². The minimum atomic E-state index is 0.640. The quantitative estimate of drug-likeness (QED) is 0.905. The molecule has 0 spiro atoms. The normalized spacial score (nSPS) is 20.3. The molecule has 1 saturated heterocycles. The zero-order valence-corrected chi connectivity index (χ0v) is 13.1.